The zero-order chi connectivity index (χ0) is 22.5. The Morgan fingerprint density at radius 3 is 0.250 bits per heavy atom. The fourth-order valence-electron chi connectivity index (χ4n) is 0. The SMILES string of the molecule is [Cs+].[Fe+3].[Li+].[O-][I+3]([O-])([O-])[O-].[O-][I+3]([O-])([O-])[O-].[O-][I+3]([O-])([O-])[O-].[O-][I+3]([O-])([O-])[O-].[O-][I+3]([O-])([O-])[O-]. The quantitative estimate of drug-likeness (QED) is 0.161. The van der Waals surface area contributed by atoms with E-state index in [1.54, 1.807) is 0 Å². The molecule has 28 heavy (non-hydrogen) atoms. The number of hydrogen-bond acceptors (Lipinski definition) is 20. The summed E-state index contributed by atoms with van der Waals surface area (Å²) in [5.41, 5.74) is 0. The Bertz CT molecular complexity index is 184. The van der Waals surface area contributed by atoms with Crippen LogP contribution in [0.25, 0.3) is 0 Å². The van der Waals surface area contributed by atoms with Gasteiger partial charge in [0, 0.05) is 0 Å². The van der Waals surface area contributed by atoms with Crippen LogP contribution in [-0.2, 0) is 17.1 Å². The van der Waals surface area contributed by atoms with Crippen LogP contribution in [0.3, 0.4) is 0 Å². The molecule has 0 aliphatic carbocycles. The zero-order valence-electron chi connectivity index (χ0n) is 12.4. The first-order chi connectivity index (χ1) is 10.0. The summed E-state index contributed by atoms with van der Waals surface area (Å²) in [6.45, 7) is 0. The van der Waals surface area contributed by atoms with Gasteiger partial charge in [-0.05, 0) is 0 Å². The van der Waals surface area contributed by atoms with E-state index in [4.69, 9.17) is 68.7 Å². The summed E-state index contributed by atoms with van der Waals surface area (Å²) in [5.74, 6) is 0. The molecule has 0 aromatic carbocycles. The van der Waals surface area contributed by atoms with Crippen LogP contribution >= 0.6 is 0 Å². The largest absolute Gasteiger partial charge is 3.00 e. The molecule has 20 nitrogen and oxygen atoms in total. The van der Waals surface area contributed by atoms with Gasteiger partial charge >= 0.3 is 105 Å². The van der Waals surface area contributed by atoms with Crippen molar-refractivity contribution in [3.63, 3.8) is 0 Å². The van der Waals surface area contributed by atoms with Crippen molar-refractivity contribution in [1.29, 1.82) is 0 Å². The van der Waals surface area contributed by atoms with Crippen molar-refractivity contribution in [1.82, 2.24) is 0 Å². The zero-order valence-corrected chi connectivity index (χ0v) is 30.6. The third kappa shape index (κ3) is 850. The first-order valence-corrected chi connectivity index (χ1v) is 20.7. The molecule has 0 atom stereocenters. The topological polar surface area (TPSA) is 461 Å². The Hall–Kier alpha value is 6.02. The van der Waals surface area contributed by atoms with E-state index in [0.717, 1.165) is 0 Å². The minimum absolute atomic E-state index is 0. The van der Waals surface area contributed by atoms with E-state index in [2.05, 4.69) is 0 Å². The van der Waals surface area contributed by atoms with E-state index in [1.165, 1.54) is 0 Å². The predicted molar refractivity (Wildman–Crippen MR) is 0 cm³/mol. The molecule has 0 saturated heterocycles. The fourth-order valence-corrected chi connectivity index (χ4v) is 0. The standard InChI is InChI=1S/Cs.Fe.5IO4.Li/c;;5*2-1(3,4)5;/q+1;+3;5*-1;+1. The van der Waals surface area contributed by atoms with E-state index in [0.29, 0.717) is 0 Å². The van der Waals surface area contributed by atoms with Gasteiger partial charge in [-0.3, -0.25) is 68.7 Å². The van der Waals surface area contributed by atoms with Gasteiger partial charge in [-0.15, -0.1) is 0 Å². The van der Waals surface area contributed by atoms with E-state index in [1.807, 2.05) is 0 Å². The maximum Gasteiger partial charge on any atom is 3.00 e. The molecule has 28 heteroatoms. The van der Waals surface area contributed by atoms with E-state index < -0.39 is 100 Å². The van der Waals surface area contributed by atoms with Gasteiger partial charge in [-0.2, -0.15) is 0 Å². The molecule has 165 valence electrons. The Kier molecular flexibility index (Phi) is 51.1. The van der Waals surface area contributed by atoms with Gasteiger partial charge in [0.15, 0.2) is 0 Å². The molecule has 0 amide bonds. The van der Waals surface area contributed by atoms with Crippen LogP contribution in [0, 0.1) is 0 Å². The molecule has 0 fully saturated rings. The fraction of sp³-hybridized carbons (Fsp3) is 0. The predicted octanol–water partition coefficient (Wildman–Crippen LogP) is -44.8. The number of halogens is 5. The van der Waals surface area contributed by atoms with E-state index >= 15 is 0 Å². The van der Waals surface area contributed by atoms with Crippen molar-refractivity contribution >= 4 is 0 Å². The number of rotatable bonds is 0. The van der Waals surface area contributed by atoms with Gasteiger partial charge in [0.05, 0.1) is 0 Å². The maximum absolute atomic E-state index is 8.62. The summed E-state index contributed by atoms with van der Waals surface area (Å²) in [6.07, 6.45) is 0. The van der Waals surface area contributed by atoms with Gasteiger partial charge in [0.2, 0.25) is 0 Å². The third-order valence-corrected chi connectivity index (χ3v) is 0. The summed E-state index contributed by atoms with van der Waals surface area (Å²) < 4.78 is 172. The molecule has 0 aliphatic rings. The Labute approximate surface area is 267 Å². The molecule has 0 saturated carbocycles. The van der Waals surface area contributed by atoms with E-state index in [-0.39, 0.29) is 105 Å². The molecule has 0 heterocycles. The van der Waals surface area contributed by atoms with Gasteiger partial charge in [0.1, 0.15) is 100 Å². The molecule has 0 unspecified atom stereocenters. The summed E-state index contributed by atoms with van der Waals surface area (Å²) in [7, 11) is 0. The Morgan fingerprint density at radius 2 is 0.250 bits per heavy atom. The van der Waals surface area contributed by atoms with Crippen molar-refractivity contribution in [2.45, 2.75) is 0 Å². The molecule has 0 aliphatic heterocycles. The van der Waals surface area contributed by atoms with Crippen molar-refractivity contribution in [2.75, 3.05) is 0 Å². The Balaban J connectivity index is -0.0000000290. The van der Waals surface area contributed by atoms with Gasteiger partial charge < -0.3 is 0 Å². The summed E-state index contributed by atoms with van der Waals surface area (Å²) >= 11 is -29.7. The molecule has 0 rings (SSSR count). The Morgan fingerprint density at radius 1 is 0.250 bits per heavy atom. The number of hydrogen-bond donors (Lipinski definition) is 0. The molecule has 0 aromatic rings. The molecular formula is CsFeI5LiO20. The second-order valence-electron chi connectivity index (χ2n) is 1.89. The van der Waals surface area contributed by atoms with Crippen LogP contribution in [0.2, 0.25) is 0 Å². The molecular weight excluding hydrogens is 1150 g/mol. The molecule has 0 spiro atoms. The van der Waals surface area contributed by atoms with Crippen molar-refractivity contribution in [3.05, 3.63) is 0 Å². The van der Waals surface area contributed by atoms with Gasteiger partial charge in [-0.25, -0.2) is 0 Å². The second-order valence-corrected chi connectivity index (χ2v) is 12.7. The normalized spacial score (nSPS) is 10.7. The smallest absolute Gasteiger partial charge is 0.286 e. The van der Waals surface area contributed by atoms with Gasteiger partial charge in [-0.1, -0.05) is 0 Å². The van der Waals surface area contributed by atoms with Gasteiger partial charge in [0.25, 0.3) is 0 Å². The van der Waals surface area contributed by atoms with Crippen molar-refractivity contribution in [3.8, 4) is 0 Å². The molecule has 0 bridgehead atoms. The first-order valence-electron chi connectivity index (χ1n) is 3.09. The van der Waals surface area contributed by atoms with Crippen LogP contribution < -0.4 is 257 Å². The van der Waals surface area contributed by atoms with Crippen LogP contribution in [-0.4, -0.2) is 0 Å². The molecule has 0 aromatic heterocycles. The van der Waals surface area contributed by atoms with Crippen LogP contribution in [0.4, 0.5) is 0 Å². The average molecular weight is 1150 g/mol. The first kappa shape index (κ1) is 54.8. The van der Waals surface area contributed by atoms with Crippen LogP contribution in [0.5, 0.6) is 0 Å². The maximum atomic E-state index is 8.62. The molecule has 1 radical (unpaired) electrons. The van der Waals surface area contributed by atoms with Crippen molar-refractivity contribution < 1.29 is 274 Å². The molecule has 0 N–H and O–H groups in total. The summed E-state index contributed by atoms with van der Waals surface area (Å²) in [5, 5.41) is 0. The second kappa shape index (κ2) is 26.1. The monoisotopic (exact) mass is 1150 g/mol. The van der Waals surface area contributed by atoms with Crippen LogP contribution in [0.15, 0.2) is 0 Å². The minimum Gasteiger partial charge on any atom is -0.286 e. The van der Waals surface area contributed by atoms with Crippen molar-refractivity contribution in [2.24, 2.45) is 0 Å². The van der Waals surface area contributed by atoms with Crippen LogP contribution in [0.1, 0.15) is 0 Å². The average Bonchev–Trinajstić information content (AvgIpc) is 1.79. The summed E-state index contributed by atoms with van der Waals surface area (Å²) in [4.78, 5) is 0. The third-order valence-electron chi connectivity index (χ3n) is 0. The summed E-state index contributed by atoms with van der Waals surface area (Å²) in [6, 6.07) is 0. The van der Waals surface area contributed by atoms with E-state index in [9.17, 15) is 0 Å². The minimum atomic E-state index is -5.94.